The molecule has 0 amide bonds. The van der Waals surface area contributed by atoms with Gasteiger partial charge in [0.15, 0.2) is 12.2 Å². The first-order valence-corrected chi connectivity index (χ1v) is 43.7. The van der Waals surface area contributed by atoms with Crippen LogP contribution >= 0.6 is 15.6 Å². The van der Waals surface area contributed by atoms with Gasteiger partial charge in [-0.2, -0.15) is 0 Å². The van der Waals surface area contributed by atoms with E-state index in [1.165, 1.54) is 238 Å². The molecule has 0 heterocycles. The first kappa shape index (κ1) is 95.1. The quantitative estimate of drug-likeness (QED) is 0.0222. The average Bonchev–Trinajstić information content (AvgIpc) is 2.46. The van der Waals surface area contributed by atoms with Gasteiger partial charge >= 0.3 is 39.5 Å². The summed E-state index contributed by atoms with van der Waals surface area (Å²) in [6, 6.07) is 0. The molecule has 0 saturated carbocycles. The molecule has 97 heavy (non-hydrogen) atoms. The number of ether oxygens (including phenoxy) is 4. The van der Waals surface area contributed by atoms with E-state index in [0.29, 0.717) is 25.7 Å². The normalized spacial score (nSPS) is 14.2. The fraction of sp³-hybridized carbons (Fsp3) is 0.949. The number of aliphatic hydroxyl groups is 1. The zero-order valence-electron chi connectivity index (χ0n) is 63.2. The van der Waals surface area contributed by atoms with Gasteiger partial charge in [0.2, 0.25) is 0 Å². The number of phosphoric ester groups is 2. The largest absolute Gasteiger partial charge is 0.472 e. The molecule has 0 aromatic carbocycles. The molecule has 0 aromatic rings. The minimum absolute atomic E-state index is 0.108. The van der Waals surface area contributed by atoms with E-state index in [-0.39, 0.29) is 25.7 Å². The maximum atomic E-state index is 13.1. The third kappa shape index (κ3) is 70.9. The van der Waals surface area contributed by atoms with E-state index >= 15 is 0 Å². The summed E-state index contributed by atoms with van der Waals surface area (Å²) in [5.41, 5.74) is 0. The third-order valence-electron chi connectivity index (χ3n) is 18.6. The van der Waals surface area contributed by atoms with Crippen molar-refractivity contribution in [3.63, 3.8) is 0 Å². The minimum atomic E-state index is -4.96. The van der Waals surface area contributed by atoms with Gasteiger partial charge in [-0.15, -0.1) is 0 Å². The summed E-state index contributed by atoms with van der Waals surface area (Å²) < 4.78 is 68.6. The fourth-order valence-electron chi connectivity index (χ4n) is 12.0. The first-order valence-electron chi connectivity index (χ1n) is 40.7. The van der Waals surface area contributed by atoms with Crippen molar-refractivity contribution in [2.24, 2.45) is 5.92 Å². The second kappa shape index (κ2) is 71.1. The number of hydrogen-bond donors (Lipinski definition) is 3. The van der Waals surface area contributed by atoms with Crippen LogP contribution in [0.5, 0.6) is 0 Å². The lowest BCUT2D eigenvalue weighted by Crippen LogP contribution is -2.30. The molecule has 0 rings (SSSR count). The van der Waals surface area contributed by atoms with Crippen LogP contribution in [-0.4, -0.2) is 96.7 Å². The van der Waals surface area contributed by atoms with Crippen LogP contribution in [0, 0.1) is 5.92 Å². The molecule has 0 aliphatic carbocycles. The number of hydrogen-bond acceptors (Lipinski definition) is 15. The van der Waals surface area contributed by atoms with Crippen LogP contribution in [0.15, 0.2) is 0 Å². The van der Waals surface area contributed by atoms with Crippen molar-refractivity contribution in [1.29, 1.82) is 0 Å². The maximum Gasteiger partial charge on any atom is 0.472 e. The van der Waals surface area contributed by atoms with E-state index < -0.39 is 97.5 Å². The Labute approximate surface area is 594 Å². The molecule has 19 heteroatoms. The summed E-state index contributed by atoms with van der Waals surface area (Å²) in [6.07, 6.45) is 60.8. The smallest absolute Gasteiger partial charge is 0.462 e. The molecule has 0 aliphatic heterocycles. The highest BCUT2D eigenvalue weighted by atomic mass is 31.2. The molecule has 0 aromatic heterocycles. The minimum Gasteiger partial charge on any atom is -0.462 e. The summed E-state index contributed by atoms with van der Waals surface area (Å²) in [5.74, 6) is -1.26. The lowest BCUT2D eigenvalue weighted by atomic mass is 9.99. The van der Waals surface area contributed by atoms with E-state index in [0.717, 1.165) is 95.8 Å². The van der Waals surface area contributed by atoms with Gasteiger partial charge in [-0.3, -0.25) is 37.3 Å². The van der Waals surface area contributed by atoms with Crippen molar-refractivity contribution in [1.82, 2.24) is 0 Å². The molecule has 576 valence electrons. The van der Waals surface area contributed by atoms with Crippen LogP contribution in [-0.2, 0) is 65.4 Å². The van der Waals surface area contributed by atoms with Gasteiger partial charge in [0.1, 0.15) is 19.3 Å². The first-order chi connectivity index (χ1) is 47.1. The molecule has 0 bridgehead atoms. The zero-order valence-corrected chi connectivity index (χ0v) is 65.0. The van der Waals surface area contributed by atoms with Gasteiger partial charge in [0.25, 0.3) is 0 Å². The fourth-order valence-corrected chi connectivity index (χ4v) is 13.6. The predicted molar refractivity (Wildman–Crippen MR) is 395 cm³/mol. The molecule has 0 fully saturated rings. The standard InChI is InChI=1S/C78H152O17P2/c1-6-10-13-16-19-22-24-26-28-33-37-42-47-52-57-62-76(81)89-68-74(95-78(83)64-59-54-49-44-39-35-31-30-32-36-41-45-50-55-60-71(5)9-4)70-93-97(86,87)91-66-72(79)65-90-96(84,85)92-69-73(67-88-75(80)61-56-51-46-40-21-18-15-12-8-3)94-77(82)63-58-53-48-43-38-34-29-27-25-23-20-17-14-11-7-2/h71-74,79H,6-70H2,1-5H3,(H,84,85)(H,86,87)/t71?,72-,73+,74+/m0/s1. The molecule has 0 radical (unpaired) electrons. The van der Waals surface area contributed by atoms with Crippen molar-refractivity contribution < 1.29 is 80.2 Å². The summed E-state index contributed by atoms with van der Waals surface area (Å²) in [4.78, 5) is 72.9. The number of phosphoric acid groups is 2. The highest BCUT2D eigenvalue weighted by Crippen LogP contribution is 2.45. The molecule has 6 atom stereocenters. The molecular weight excluding hydrogens is 1270 g/mol. The Morgan fingerprint density at radius 1 is 0.289 bits per heavy atom. The van der Waals surface area contributed by atoms with E-state index in [1.807, 2.05) is 0 Å². The topological polar surface area (TPSA) is 237 Å². The Morgan fingerprint density at radius 2 is 0.495 bits per heavy atom. The van der Waals surface area contributed by atoms with Gasteiger partial charge in [-0.1, -0.05) is 362 Å². The Morgan fingerprint density at radius 3 is 0.732 bits per heavy atom. The number of unbranched alkanes of at least 4 members (excludes halogenated alkanes) is 49. The number of rotatable bonds is 78. The summed E-state index contributed by atoms with van der Waals surface area (Å²) in [7, 11) is -9.91. The molecule has 0 spiro atoms. The molecule has 0 aliphatic rings. The van der Waals surface area contributed by atoms with E-state index in [2.05, 4.69) is 34.6 Å². The van der Waals surface area contributed by atoms with Crippen molar-refractivity contribution in [2.75, 3.05) is 39.6 Å². The van der Waals surface area contributed by atoms with Crippen LogP contribution in [0.3, 0.4) is 0 Å². The highest BCUT2D eigenvalue weighted by Gasteiger charge is 2.30. The summed E-state index contributed by atoms with van der Waals surface area (Å²) in [6.45, 7) is 7.36. The monoisotopic (exact) mass is 1420 g/mol. The molecule has 17 nitrogen and oxygen atoms in total. The van der Waals surface area contributed by atoms with Crippen LogP contribution < -0.4 is 0 Å². The van der Waals surface area contributed by atoms with Crippen molar-refractivity contribution >= 4 is 39.5 Å². The summed E-state index contributed by atoms with van der Waals surface area (Å²) in [5, 5.41) is 10.6. The van der Waals surface area contributed by atoms with Crippen molar-refractivity contribution in [2.45, 2.75) is 432 Å². The van der Waals surface area contributed by atoms with Gasteiger partial charge < -0.3 is 33.8 Å². The molecule has 3 N–H and O–H groups in total. The zero-order chi connectivity index (χ0) is 71.2. The van der Waals surface area contributed by atoms with Gasteiger partial charge in [0, 0.05) is 25.7 Å². The average molecular weight is 1420 g/mol. The van der Waals surface area contributed by atoms with E-state index in [1.54, 1.807) is 0 Å². The van der Waals surface area contributed by atoms with Crippen LogP contribution in [0.4, 0.5) is 0 Å². The molecule has 3 unspecified atom stereocenters. The predicted octanol–water partition coefficient (Wildman–Crippen LogP) is 23.3. The molecular formula is C78H152O17P2. The summed E-state index contributed by atoms with van der Waals surface area (Å²) >= 11 is 0. The van der Waals surface area contributed by atoms with Crippen LogP contribution in [0.25, 0.3) is 0 Å². The third-order valence-corrected chi connectivity index (χ3v) is 20.5. The lowest BCUT2D eigenvalue weighted by Gasteiger charge is -2.21. The second-order valence-corrected chi connectivity index (χ2v) is 31.3. The molecule has 0 saturated heterocycles. The Hall–Kier alpha value is -1.94. The van der Waals surface area contributed by atoms with Crippen LogP contribution in [0.1, 0.15) is 413 Å². The van der Waals surface area contributed by atoms with Crippen LogP contribution in [0.2, 0.25) is 0 Å². The Bertz CT molecular complexity index is 1860. The number of aliphatic hydroxyl groups excluding tert-OH is 1. The Kier molecular flexibility index (Phi) is 69.6. The Balaban J connectivity index is 5.23. The SMILES string of the molecule is CCCCCCCCCCCCCCCCCC(=O)OC[C@H](COP(=O)(O)OC[C@@H](O)COP(=O)(O)OC[C@@H](COC(=O)CCCCCCCCCCC)OC(=O)CCCCCCCCCCCCCCCCC)OC(=O)CCCCCCCCCCCCCCCCC(C)CC. The van der Waals surface area contributed by atoms with Crippen molar-refractivity contribution in [3.05, 3.63) is 0 Å². The van der Waals surface area contributed by atoms with Crippen molar-refractivity contribution in [3.8, 4) is 0 Å². The second-order valence-electron chi connectivity index (χ2n) is 28.3. The lowest BCUT2D eigenvalue weighted by molar-refractivity contribution is -0.161. The maximum absolute atomic E-state index is 13.1. The number of esters is 4. The van der Waals surface area contributed by atoms with Gasteiger partial charge in [-0.25, -0.2) is 9.13 Å². The van der Waals surface area contributed by atoms with Gasteiger partial charge in [0.05, 0.1) is 26.4 Å². The van der Waals surface area contributed by atoms with Gasteiger partial charge in [-0.05, 0) is 31.6 Å². The number of carbonyl (C=O) groups is 4. The highest BCUT2D eigenvalue weighted by molar-refractivity contribution is 7.47. The van der Waals surface area contributed by atoms with E-state index in [4.69, 9.17) is 37.0 Å². The number of carbonyl (C=O) groups excluding carboxylic acids is 4. The van der Waals surface area contributed by atoms with E-state index in [9.17, 15) is 43.2 Å².